The van der Waals surface area contributed by atoms with E-state index in [0.717, 1.165) is 10.8 Å². The second kappa shape index (κ2) is 9.60. The fourth-order valence-electron chi connectivity index (χ4n) is 2.97. The molecule has 2 N–H and O–H groups in total. The number of hydrogen-bond acceptors (Lipinski definition) is 5. The average molecular weight is 429 g/mol. The summed E-state index contributed by atoms with van der Waals surface area (Å²) in [6, 6.07) is 17.8. The van der Waals surface area contributed by atoms with Crippen LogP contribution in [0.1, 0.15) is 17.3 Å². The van der Waals surface area contributed by atoms with E-state index in [1.807, 2.05) is 42.5 Å². The molecule has 3 rings (SSSR count). The minimum absolute atomic E-state index is 0.0183. The number of sulfonamides is 1. The van der Waals surface area contributed by atoms with Crippen LogP contribution in [-0.2, 0) is 10.0 Å². The van der Waals surface area contributed by atoms with Crippen molar-refractivity contribution in [2.75, 3.05) is 26.8 Å². The number of nitrogens with one attached hydrogen (secondary N) is 2. The zero-order chi connectivity index (χ0) is 21.6. The first-order chi connectivity index (χ1) is 14.4. The summed E-state index contributed by atoms with van der Waals surface area (Å²) < 4.78 is 38.5. The molecule has 0 aromatic heterocycles. The third-order valence-electron chi connectivity index (χ3n) is 4.45. The van der Waals surface area contributed by atoms with Crippen LogP contribution in [0.15, 0.2) is 65.6 Å². The van der Waals surface area contributed by atoms with Crippen molar-refractivity contribution in [1.29, 1.82) is 0 Å². The van der Waals surface area contributed by atoms with E-state index in [1.54, 1.807) is 6.92 Å². The highest BCUT2D eigenvalue weighted by molar-refractivity contribution is 7.89. The van der Waals surface area contributed by atoms with Crippen LogP contribution in [0.5, 0.6) is 11.5 Å². The molecule has 0 saturated heterocycles. The van der Waals surface area contributed by atoms with Crippen molar-refractivity contribution in [3.8, 4) is 11.5 Å². The van der Waals surface area contributed by atoms with Gasteiger partial charge < -0.3 is 14.8 Å². The lowest BCUT2D eigenvalue weighted by molar-refractivity contribution is 0.0952. The van der Waals surface area contributed by atoms with Gasteiger partial charge in [0.1, 0.15) is 18.1 Å². The van der Waals surface area contributed by atoms with Crippen LogP contribution in [0.3, 0.4) is 0 Å². The van der Waals surface area contributed by atoms with Gasteiger partial charge in [-0.05, 0) is 48.0 Å². The minimum atomic E-state index is -3.81. The second-order valence-electron chi connectivity index (χ2n) is 6.48. The molecule has 0 atom stereocenters. The summed E-state index contributed by atoms with van der Waals surface area (Å²) in [4.78, 5) is 12.2. The molecule has 0 aliphatic rings. The van der Waals surface area contributed by atoms with Crippen LogP contribution in [0.25, 0.3) is 10.8 Å². The Morgan fingerprint density at radius 2 is 1.77 bits per heavy atom. The van der Waals surface area contributed by atoms with Crippen LogP contribution in [0.2, 0.25) is 0 Å². The predicted molar refractivity (Wildman–Crippen MR) is 116 cm³/mol. The molecule has 158 valence electrons. The van der Waals surface area contributed by atoms with Crippen molar-refractivity contribution < 1.29 is 22.7 Å². The summed E-state index contributed by atoms with van der Waals surface area (Å²) in [7, 11) is -2.39. The highest BCUT2D eigenvalue weighted by Gasteiger charge is 2.19. The lowest BCUT2D eigenvalue weighted by Crippen LogP contribution is -2.29. The third-order valence-corrected chi connectivity index (χ3v) is 5.91. The zero-order valence-electron chi connectivity index (χ0n) is 16.8. The zero-order valence-corrected chi connectivity index (χ0v) is 17.7. The van der Waals surface area contributed by atoms with Gasteiger partial charge in [0, 0.05) is 13.1 Å². The van der Waals surface area contributed by atoms with Gasteiger partial charge in [0.25, 0.3) is 5.91 Å². The van der Waals surface area contributed by atoms with Gasteiger partial charge in [0.05, 0.1) is 17.6 Å². The largest absolute Gasteiger partial charge is 0.496 e. The number of carbonyl (C=O) groups excluding carboxylic acids is 1. The number of amides is 1. The molecule has 0 saturated carbocycles. The fraction of sp³-hybridized carbons (Fsp3) is 0.227. The Bertz CT molecular complexity index is 1150. The molecule has 0 bridgehead atoms. The molecule has 1 amide bonds. The molecule has 0 fully saturated rings. The second-order valence-corrected chi connectivity index (χ2v) is 8.24. The predicted octanol–water partition coefficient (Wildman–Crippen LogP) is 2.96. The number of rotatable bonds is 9. The highest BCUT2D eigenvalue weighted by Crippen LogP contribution is 2.23. The maximum Gasteiger partial charge on any atom is 0.255 e. The maximum atomic E-state index is 12.6. The number of hydrogen-bond donors (Lipinski definition) is 2. The standard InChI is InChI=1S/C22H24N2O5S/c1-3-23-22(25)20-15-19(10-11-21(20)28-2)30(26,27)24-12-13-29-18-9-8-16-6-4-5-7-17(16)14-18/h4-11,14-15,24H,3,12-13H2,1-2H3,(H,23,25). The molecular weight excluding hydrogens is 404 g/mol. The number of carbonyl (C=O) groups is 1. The van der Waals surface area contributed by atoms with E-state index in [9.17, 15) is 13.2 Å². The summed E-state index contributed by atoms with van der Waals surface area (Å²) in [5.41, 5.74) is 0.162. The van der Waals surface area contributed by atoms with E-state index >= 15 is 0 Å². The lowest BCUT2D eigenvalue weighted by Gasteiger charge is -2.12. The van der Waals surface area contributed by atoms with Gasteiger partial charge in [-0.1, -0.05) is 30.3 Å². The van der Waals surface area contributed by atoms with E-state index in [4.69, 9.17) is 9.47 Å². The molecule has 0 heterocycles. The summed E-state index contributed by atoms with van der Waals surface area (Å²) in [6.45, 7) is 2.44. The molecule has 0 spiro atoms. The Labute approximate surface area is 176 Å². The molecule has 0 aliphatic heterocycles. The van der Waals surface area contributed by atoms with Crippen molar-refractivity contribution in [3.63, 3.8) is 0 Å². The SMILES string of the molecule is CCNC(=O)c1cc(S(=O)(=O)NCCOc2ccc3ccccc3c2)ccc1OC. The minimum Gasteiger partial charge on any atom is -0.496 e. The van der Waals surface area contributed by atoms with Gasteiger partial charge in [-0.3, -0.25) is 4.79 Å². The molecule has 3 aromatic rings. The van der Waals surface area contributed by atoms with Crippen LogP contribution in [0.4, 0.5) is 0 Å². The maximum absolute atomic E-state index is 12.6. The first kappa shape index (κ1) is 21.6. The monoisotopic (exact) mass is 428 g/mol. The first-order valence-electron chi connectivity index (χ1n) is 9.52. The van der Waals surface area contributed by atoms with Gasteiger partial charge in [-0.2, -0.15) is 0 Å². The summed E-state index contributed by atoms with van der Waals surface area (Å²) in [6.07, 6.45) is 0. The van der Waals surface area contributed by atoms with Crippen LogP contribution in [0, 0.1) is 0 Å². The van der Waals surface area contributed by atoms with Gasteiger partial charge >= 0.3 is 0 Å². The number of fused-ring (bicyclic) bond motifs is 1. The average Bonchev–Trinajstić information content (AvgIpc) is 2.76. The Hall–Kier alpha value is -3.10. The van der Waals surface area contributed by atoms with Crippen molar-refractivity contribution in [2.45, 2.75) is 11.8 Å². The van der Waals surface area contributed by atoms with Crippen LogP contribution < -0.4 is 19.5 Å². The van der Waals surface area contributed by atoms with E-state index in [1.165, 1.54) is 25.3 Å². The molecule has 8 heteroatoms. The topological polar surface area (TPSA) is 93.7 Å². The van der Waals surface area contributed by atoms with Crippen molar-refractivity contribution in [3.05, 3.63) is 66.2 Å². The van der Waals surface area contributed by atoms with Crippen molar-refractivity contribution in [1.82, 2.24) is 10.0 Å². The van der Waals surface area contributed by atoms with Gasteiger partial charge in [0.15, 0.2) is 0 Å². The third kappa shape index (κ3) is 5.08. The summed E-state index contributed by atoms with van der Waals surface area (Å²) >= 11 is 0. The van der Waals surface area contributed by atoms with E-state index < -0.39 is 15.9 Å². The molecule has 7 nitrogen and oxygen atoms in total. The number of ether oxygens (including phenoxy) is 2. The Balaban J connectivity index is 1.64. The molecule has 30 heavy (non-hydrogen) atoms. The summed E-state index contributed by atoms with van der Waals surface area (Å²) in [5.74, 6) is 0.571. The Morgan fingerprint density at radius 1 is 1.00 bits per heavy atom. The van der Waals surface area contributed by atoms with Gasteiger partial charge in [-0.25, -0.2) is 13.1 Å². The fourth-order valence-corrected chi connectivity index (χ4v) is 4.01. The first-order valence-corrected chi connectivity index (χ1v) is 11.0. The normalized spacial score (nSPS) is 11.3. The number of benzene rings is 3. The molecule has 0 radical (unpaired) electrons. The Morgan fingerprint density at radius 3 is 2.50 bits per heavy atom. The molecule has 0 unspecified atom stereocenters. The summed E-state index contributed by atoms with van der Waals surface area (Å²) in [5, 5.41) is 4.80. The smallest absolute Gasteiger partial charge is 0.255 e. The highest BCUT2D eigenvalue weighted by atomic mass is 32.2. The van der Waals surface area contributed by atoms with Gasteiger partial charge in [0.2, 0.25) is 10.0 Å². The van der Waals surface area contributed by atoms with Gasteiger partial charge in [-0.15, -0.1) is 0 Å². The van der Waals surface area contributed by atoms with Crippen LogP contribution in [-0.4, -0.2) is 41.1 Å². The lowest BCUT2D eigenvalue weighted by atomic mass is 10.1. The van der Waals surface area contributed by atoms with Crippen LogP contribution >= 0.6 is 0 Å². The quantitative estimate of drug-likeness (QED) is 0.511. The Kier molecular flexibility index (Phi) is 6.91. The van der Waals surface area contributed by atoms with E-state index in [0.29, 0.717) is 18.0 Å². The molecular formula is C22H24N2O5S. The van der Waals surface area contributed by atoms with E-state index in [2.05, 4.69) is 10.0 Å². The van der Waals surface area contributed by atoms with E-state index in [-0.39, 0.29) is 23.6 Å². The van der Waals surface area contributed by atoms with Crippen molar-refractivity contribution >= 4 is 26.7 Å². The molecule has 0 aliphatic carbocycles. The van der Waals surface area contributed by atoms with Crippen molar-refractivity contribution in [2.24, 2.45) is 0 Å². The number of methoxy groups -OCH3 is 1. The molecule has 3 aromatic carbocycles.